The van der Waals surface area contributed by atoms with E-state index >= 15 is 0 Å². The SMILES string of the molecule is CC(=O)O.c1ccc(CNc2ccccc2)cc1. The van der Waals surface area contributed by atoms with Gasteiger partial charge in [0.05, 0.1) is 0 Å². The minimum atomic E-state index is -0.833. The van der Waals surface area contributed by atoms with Gasteiger partial charge in [0.2, 0.25) is 0 Å². The fourth-order valence-corrected chi connectivity index (χ4v) is 1.36. The predicted octanol–water partition coefficient (Wildman–Crippen LogP) is 3.39. The Bertz CT molecular complexity index is 411. The molecule has 0 unspecified atom stereocenters. The lowest BCUT2D eigenvalue weighted by Gasteiger charge is -2.05. The Labute approximate surface area is 107 Å². The van der Waals surface area contributed by atoms with Crippen LogP contribution in [0.4, 0.5) is 5.69 Å². The highest BCUT2D eigenvalue weighted by Crippen LogP contribution is 2.07. The molecule has 0 atom stereocenters. The summed E-state index contributed by atoms with van der Waals surface area (Å²) in [5.41, 5.74) is 2.47. The summed E-state index contributed by atoms with van der Waals surface area (Å²) in [6.07, 6.45) is 0. The molecule has 2 aromatic rings. The van der Waals surface area contributed by atoms with Crippen molar-refractivity contribution in [2.24, 2.45) is 0 Å². The van der Waals surface area contributed by atoms with Gasteiger partial charge in [-0.2, -0.15) is 0 Å². The van der Waals surface area contributed by atoms with Crippen molar-refractivity contribution in [1.82, 2.24) is 0 Å². The summed E-state index contributed by atoms with van der Waals surface area (Å²) in [6.45, 7) is 1.96. The molecule has 18 heavy (non-hydrogen) atoms. The molecular formula is C15H17NO2. The van der Waals surface area contributed by atoms with Gasteiger partial charge >= 0.3 is 0 Å². The van der Waals surface area contributed by atoms with Crippen molar-refractivity contribution in [1.29, 1.82) is 0 Å². The van der Waals surface area contributed by atoms with E-state index in [0.29, 0.717) is 0 Å². The molecule has 0 heterocycles. The summed E-state index contributed by atoms with van der Waals surface area (Å²) in [6, 6.07) is 20.6. The fourth-order valence-electron chi connectivity index (χ4n) is 1.36. The minimum absolute atomic E-state index is 0.833. The average molecular weight is 243 g/mol. The van der Waals surface area contributed by atoms with Gasteiger partial charge in [0.15, 0.2) is 0 Å². The topological polar surface area (TPSA) is 49.3 Å². The lowest BCUT2D eigenvalue weighted by atomic mass is 10.2. The number of rotatable bonds is 3. The van der Waals surface area contributed by atoms with Crippen LogP contribution in [0, 0.1) is 0 Å². The van der Waals surface area contributed by atoms with E-state index in [1.807, 2.05) is 24.3 Å². The largest absolute Gasteiger partial charge is 0.481 e. The number of nitrogens with one attached hydrogen (secondary N) is 1. The van der Waals surface area contributed by atoms with Crippen LogP contribution >= 0.6 is 0 Å². The monoisotopic (exact) mass is 243 g/mol. The molecule has 0 fully saturated rings. The molecule has 0 saturated heterocycles. The van der Waals surface area contributed by atoms with Crippen molar-refractivity contribution >= 4 is 11.7 Å². The zero-order valence-corrected chi connectivity index (χ0v) is 10.3. The van der Waals surface area contributed by atoms with Crippen molar-refractivity contribution < 1.29 is 9.90 Å². The summed E-state index contributed by atoms with van der Waals surface area (Å²) in [7, 11) is 0. The van der Waals surface area contributed by atoms with Crippen LogP contribution in [0.1, 0.15) is 12.5 Å². The summed E-state index contributed by atoms with van der Waals surface area (Å²) < 4.78 is 0. The molecule has 0 aromatic heterocycles. The number of aliphatic carboxylic acids is 1. The third-order valence-corrected chi connectivity index (χ3v) is 2.11. The van der Waals surface area contributed by atoms with E-state index in [0.717, 1.165) is 19.2 Å². The third kappa shape index (κ3) is 6.33. The predicted molar refractivity (Wildman–Crippen MR) is 73.5 cm³/mol. The Balaban J connectivity index is 0.000000357. The van der Waals surface area contributed by atoms with Crippen molar-refractivity contribution in [2.45, 2.75) is 13.5 Å². The lowest BCUT2D eigenvalue weighted by Crippen LogP contribution is -1.98. The normalized spacial score (nSPS) is 8.94. The summed E-state index contributed by atoms with van der Waals surface area (Å²) in [5.74, 6) is -0.833. The first kappa shape index (κ1) is 13.8. The van der Waals surface area contributed by atoms with Crippen LogP contribution in [-0.2, 0) is 11.3 Å². The molecule has 0 aliphatic carbocycles. The lowest BCUT2D eigenvalue weighted by molar-refractivity contribution is -0.134. The van der Waals surface area contributed by atoms with E-state index in [1.54, 1.807) is 0 Å². The molecule has 3 nitrogen and oxygen atoms in total. The first-order valence-electron chi connectivity index (χ1n) is 5.71. The van der Waals surface area contributed by atoms with E-state index in [2.05, 4.69) is 41.7 Å². The van der Waals surface area contributed by atoms with Crippen molar-refractivity contribution in [3.63, 3.8) is 0 Å². The Hall–Kier alpha value is -2.29. The number of hydrogen-bond acceptors (Lipinski definition) is 2. The standard InChI is InChI=1S/C13H13N.C2H4O2/c1-3-7-12(8-4-1)11-14-13-9-5-2-6-10-13;1-2(3)4/h1-10,14H,11H2;1H3,(H,3,4). The molecule has 0 radical (unpaired) electrons. The van der Waals surface area contributed by atoms with E-state index < -0.39 is 5.97 Å². The van der Waals surface area contributed by atoms with Gasteiger partial charge in [-0.3, -0.25) is 4.79 Å². The molecule has 94 valence electrons. The van der Waals surface area contributed by atoms with Gasteiger partial charge in [0.25, 0.3) is 5.97 Å². The third-order valence-electron chi connectivity index (χ3n) is 2.11. The summed E-state index contributed by atoms with van der Waals surface area (Å²) in [4.78, 5) is 9.00. The second-order valence-electron chi connectivity index (χ2n) is 3.72. The second-order valence-corrected chi connectivity index (χ2v) is 3.72. The Morgan fingerprint density at radius 1 is 1.00 bits per heavy atom. The molecule has 3 heteroatoms. The second kappa shape index (κ2) is 7.90. The van der Waals surface area contributed by atoms with E-state index in [4.69, 9.17) is 9.90 Å². The highest BCUT2D eigenvalue weighted by molar-refractivity contribution is 5.62. The minimum Gasteiger partial charge on any atom is -0.481 e. The van der Waals surface area contributed by atoms with Crippen LogP contribution in [0.25, 0.3) is 0 Å². The van der Waals surface area contributed by atoms with Crippen LogP contribution in [-0.4, -0.2) is 11.1 Å². The first-order valence-corrected chi connectivity index (χ1v) is 5.71. The molecule has 2 rings (SSSR count). The number of benzene rings is 2. The molecule has 0 bridgehead atoms. The summed E-state index contributed by atoms with van der Waals surface area (Å²) in [5, 5.41) is 10.8. The maximum absolute atomic E-state index is 9.00. The van der Waals surface area contributed by atoms with Crippen LogP contribution in [0.3, 0.4) is 0 Å². The highest BCUT2D eigenvalue weighted by atomic mass is 16.4. The van der Waals surface area contributed by atoms with Gasteiger partial charge < -0.3 is 10.4 Å². The van der Waals surface area contributed by atoms with E-state index in [9.17, 15) is 0 Å². The van der Waals surface area contributed by atoms with Gasteiger partial charge in [0, 0.05) is 19.2 Å². The van der Waals surface area contributed by atoms with Crippen molar-refractivity contribution in [2.75, 3.05) is 5.32 Å². The number of hydrogen-bond donors (Lipinski definition) is 2. The number of anilines is 1. The Morgan fingerprint density at radius 3 is 1.94 bits per heavy atom. The average Bonchev–Trinajstić information content (AvgIpc) is 2.38. The number of carboxylic acid groups (broad SMARTS) is 1. The molecule has 0 amide bonds. The van der Waals surface area contributed by atoms with Gasteiger partial charge in [0.1, 0.15) is 0 Å². The van der Waals surface area contributed by atoms with E-state index in [1.165, 1.54) is 5.56 Å². The molecule has 0 saturated carbocycles. The Morgan fingerprint density at radius 2 is 1.44 bits per heavy atom. The molecule has 0 spiro atoms. The van der Waals surface area contributed by atoms with Gasteiger partial charge in [-0.25, -0.2) is 0 Å². The quantitative estimate of drug-likeness (QED) is 0.868. The molecule has 0 aliphatic heterocycles. The smallest absolute Gasteiger partial charge is 0.300 e. The molecular weight excluding hydrogens is 226 g/mol. The van der Waals surface area contributed by atoms with Crippen molar-refractivity contribution in [3.05, 3.63) is 66.2 Å². The van der Waals surface area contributed by atoms with Gasteiger partial charge in [-0.05, 0) is 17.7 Å². The van der Waals surface area contributed by atoms with Gasteiger partial charge in [-0.15, -0.1) is 0 Å². The fraction of sp³-hybridized carbons (Fsp3) is 0.133. The van der Waals surface area contributed by atoms with E-state index in [-0.39, 0.29) is 0 Å². The van der Waals surface area contributed by atoms with Crippen LogP contribution in [0.5, 0.6) is 0 Å². The number of para-hydroxylation sites is 1. The first-order chi connectivity index (χ1) is 8.68. The van der Waals surface area contributed by atoms with Crippen LogP contribution in [0.15, 0.2) is 60.7 Å². The molecule has 2 aromatic carbocycles. The summed E-state index contributed by atoms with van der Waals surface area (Å²) >= 11 is 0. The maximum atomic E-state index is 9.00. The maximum Gasteiger partial charge on any atom is 0.300 e. The Kier molecular flexibility index (Phi) is 6.04. The zero-order valence-electron chi connectivity index (χ0n) is 10.3. The number of carboxylic acids is 1. The van der Waals surface area contributed by atoms with Gasteiger partial charge in [-0.1, -0.05) is 48.5 Å². The molecule has 2 N–H and O–H groups in total. The highest BCUT2D eigenvalue weighted by Gasteiger charge is 1.90. The van der Waals surface area contributed by atoms with Crippen molar-refractivity contribution in [3.8, 4) is 0 Å². The van der Waals surface area contributed by atoms with Crippen LogP contribution in [0.2, 0.25) is 0 Å². The zero-order chi connectivity index (χ0) is 13.2. The molecule has 0 aliphatic rings. The number of carbonyl (C=O) groups is 1. The van der Waals surface area contributed by atoms with Crippen LogP contribution < -0.4 is 5.32 Å².